The zero-order valence-electron chi connectivity index (χ0n) is 20.0. The monoisotopic (exact) mass is 464 g/mol. The molecule has 0 aromatic carbocycles. The van der Waals surface area contributed by atoms with Crippen molar-refractivity contribution in [2.45, 2.75) is 70.6 Å². The lowest BCUT2D eigenvalue weighted by Crippen LogP contribution is -2.26. The van der Waals surface area contributed by atoms with E-state index in [4.69, 9.17) is 18.3 Å². The minimum atomic E-state index is -0.418. The summed E-state index contributed by atoms with van der Waals surface area (Å²) >= 11 is 0. The maximum Gasteiger partial charge on any atom is 0.230 e. The molecule has 0 aliphatic heterocycles. The topological polar surface area (TPSA) is 119 Å². The van der Waals surface area contributed by atoms with Crippen molar-refractivity contribution in [2.75, 3.05) is 26.4 Å². The Morgan fingerprint density at radius 1 is 0.667 bits per heavy atom. The highest BCUT2D eigenvalue weighted by Gasteiger charge is 2.26. The Morgan fingerprint density at radius 3 is 1.42 bits per heavy atom. The zero-order chi connectivity index (χ0) is 24.5. The molecule has 2 heterocycles. The first kappa shape index (κ1) is 26.7. The molecule has 184 valence electrons. The fourth-order valence-corrected chi connectivity index (χ4v) is 3.73. The van der Waals surface area contributed by atoms with Crippen molar-refractivity contribution in [3.8, 4) is 11.5 Å². The van der Waals surface area contributed by atoms with Gasteiger partial charge >= 0.3 is 0 Å². The van der Waals surface area contributed by atoms with Crippen molar-refractivity contribution >= 4 is 0 Å². The van der Waals surface area contributed by atoms with E-state index in [1.54, 1.807) is 0 Å². The summed E-state index contributed by atoms with van der Waals surface area (Å²) in [7, 11) is 0. The number of aromatic hydroxyl groups is 2. The smallest absolute Gasteiger partial charge is 0.230 e. The summed E-state index contributed by atoms with van der Waals surface area (Å²) in [5.41, 5.74) is -0.693. The van der Waals surface area contributed by atoms with Gasteiger partial charge in [-0.3, -0.25) is 9.59 Å². The molecule has 2 aromatic heterocycles. The molecule has 0 radical (unpaired) electrons. The molecule has 0 spiro atoms. The Kier molecular flexibility index (Phi) is 9.73. The molecule has 2 aromatic rings. The average molecular weight is 465 g/mol. The highest BCUT2D eigenvalue weighted by Crippen LogP contribution is 2.28. The summed E-state index contributed by atoms with van der Waals surface area (Å²) in [6.45, 7) is 10.1. The summed E-state index contributed by atoms with van der Waals surface area (Å²) in [4.78, 5) is 24.1. The van der Waals surface area contributed by atoms with E-state index in [-0.39, 0.29) is 11.5 Å². The molecule has 0 fully saturated rings. The molecular formula is C25H36O8. The van der Waals surface area contributed by atoms with Gasteiger partial charge < -0.3 is 28.5 Å². The molecule has 0 unspecified atom stereocenters. The lowest BCUT2D eigenvalue weighted by Gasteiger charge is -2.23. The van der Waals surface area contributed by atoms with Crippen LogP contribution in [0.2, 0.25) is 0 Å². The predicted octanol–water partition coefficient (Wildman–Crippen LogP) is 4.24. The van der Waals surface area contributed by atoms with Crippen molar-refractivity contribution in [3.05, 3.63) is 56.6 Å². The summed E-state index contributed by atoms with van der Waals surface area (Å²) in [5.74, 6) is -0.740. The maximum atomic E-state index is 12.1. The first-order valence-corrected chi connectivity index (χ1v) is 11.3. The Hall–Kier alpha value is -2.58. The van der Waals surface area contributed by atoms with Crippen LogP contribution in [-0.2, 0) is 20.3 Å². The third-order valence-electron chi connectivity index (χ3n) is 5.90. The van der Waals surface area contributed by atoms with E-state index in [0.29, 0.717) is 37.6 Å². The van der Waals surface area contributed by atoms with Crippen LogP contribution in [0.3, 0.4) is 0 Å². The molecule has 8 nitrogen and oxygen atoms in total. The minimum Gasteiger partial charge on any atom is -0.502 e. The van der Waals surface area contributed by atoms with Gasteiger partial charge in [0.1, 0.15) is 12.5 Å². The quantitative estimate of drug-likeness (QED) is 0.398. The first-order chi connectivity index (χ1) is 15.6. The van der Waals surface area contributed by atoms with Crippen molar-refractivity contribution in [2.24, 2.45) is 0 Å². The molecule has 0 bridgehead atoms. The van der Waals surface area contributed by atoms with Crippen molar-refractivity contribution in [1.29, 1.82) is 0 Å². The van der Waals surface area contributed by atoms with Crippen LogP contribution in [0.4, 0.5) is 0 Å². The fourth-order valence-electron chi connectivity index (χ4n) is 3.73. The predicted molar refractivity (Wildman–Crippen MR) is 124 cm³/mol. The number of rotatable bonds is 14. The Morgan fingerprint density at radius 2 is 1.03 bits per heavy atom. The van der Waals surface area contributed by atoms with Crippen LogP contribution in [0.5, 0.6) is 11.5 Å². The standard InChI is InChI=1S/C25H36O8/c1-24(2,18-14-32-16-20(26)22(18)28)8-5-10-30-12-7-13-31-11-6-9-25(3,4)19-15-33-17-21(27)23(19)29/h14-17,26-27H,5-13H2,1-4H3. The van der Waals surface area contributed by atoms with Crippen molar-refractivity contribution < 1.29 is 28.5 Å². The number of hydrogen-bond acceptors (Lipinski definition) is 8. The fraction of sp³-hybridized carbons (Fsp3) is 0.600. The maximum absolute atomic E-state index is 12.1. The highest BCUT2D eigenvalue weighted by molar-refractivity contribution is 5.27. The molecule has 2 rings (SSSR count). The molecule has 0 aliphatic rings. The first-order valence-electron chi connectivity index (χ1n) is 11.3. The van der Waals surface area contributed by atoms with E-state index in [1.165, 1.54) is 12.5 Å². The van der Waals surface area contributed by atoms with Gasteiger partial charge in [0.05, 0.1) is 12.5 Å². The van der Waals surface area contributed by atoms with Gasteiger partial charge in [0, 0.05) is 37.6 Å². The van der Waals surface area contributed by atoms with E-state index >= 15 is 0 Å². The minimum absolute atomic E-state index is 0.370. The largest absolute Gasteiger partial charge is 0.502 e. The Balaban J connectivity index is 1.56. The third-order valence-corrected chi connectivity index (χ3v) is 5.90. The van der Waals surface area contributed by atoms with Gasteiger partial charge in [-0.15, -0.1) is 0 Å². The van der Waals surface area contributed by atoms with Crippen LogP contribution in [0.25, 0.3) is 0 Å². The van der Waals surface area contributed by atoms with Crippen LogP contribution in [-0.4, -0.2) is 36.6 Å². The summed E-state index contributed by atoms with van der Waals surface area (Å²) in [6, 6.07) is 0. The lowest BCUT2D eigenvalue weighted by molar-refractivity contribution is 0.0768. The molecule has 0 atom stereocenters. The molecular weight excluding hydrogens is 428 g/mol. The van der Waals surface area contributed by atoms with E-state index < -0.39 is 21.7 Å². The Bertz CT molecular complexity index is 907. The van der Waals surface area contributed by atoms with Crippen LogP contribution in [0.15, 0.2) is 43.5 Å². The lowest BCUT2D eigenvalue weighted by atomic mass is 9.81. The van der Waals surface area contributed by atoms with E-state index in [0.717, 1.165) is 44.6 Å². The van der Waals surface area contributed by atoms with Gasteiger partial charge in [0.2, 0.25) is 10.9 Å². The molecule has 33 heavy (non-hydrogen) atoms. The van der Waals surface area contributed by atoms with Crippen LogP contribution in [0.1, 0.15) is 70.9 Å². The molecule has 0 aliphatic carbocycles. The second-order valence-electron chi connectivity index (χ2n) is 9.55. The van der Waals surface area contributed by atoms with Gasteiger partial charge in [0.25, 0.3) is 0 Å². The average Bonchev–Trinajstić information content (AvgIpc) is 2.75. The van der Waals surface area contributed by atoms with Gasteiger partial charge in [0.15, 0.2) is 11.5 Å². The normalized spacial score (nSPS) is 12.2. The van der Waals surface area contributed by atoms with Crippen LogP contribution in [0, 0.1) is 0 Å². The number of ether oxygens (including phenoxy) is 2. The SMILES string of the molecule is CC(C)(CCCOCCCOCCCC(C)(C)c1cocc(O)c1=O)c1cocc(O)c1=O. The van der Waals surface area contributed by atoms with Gasteiger partial charge in [-0.05, 0) is 42.9 Å². The zero-order valence-corrected chi connectivity index (χ0v) is 20.0. The molecule has 0 amide bonds. The molecule has 2 N–H and O–H groups in total. The third kappa shape index (κ3) is 7.75. The van der Waals surface area contributed by atoms with Gasteiger partial charge in [-0.2, -0.15) is 0 Å². The number of hydrogen-bond donors (Lipinski definition) is 2. The van der Waals surface area contributed by atoms with Crippen molar-refractivity contribution in [1.82, 2.24) is 0 Å². The second-order valence-corrected chi connectivity index (χ2v) is 9.55. The Labute approximate surface area is 194 Å². The van der Waals surface area contributed by atoms with Crippen LogP contribution < -0.4 is 10.9 Å². The molecule has 8 heteroatoms. The van der Waals surface area contributed by atoms with Gasteiger partial charge in [-0.25, -0.2) is 0 Å². The molecule has 0 saturated heterocycles. The summed E-state index contributed by atoms with van der Waals surface area (Å²) in [6.07, 6.45) is 8.68. The van der Waals surface area contributed by atoms with Crippen molar-refractivity contribution in [3.63, 3.8) is 0 Å². The van der Waals surface area contributed by atoms with Gasteiger partial charge in [-0.1, -0.05) is 27.7 Å². The second kappa shape index (κ2) is 12.0. The van der Waals surface area contributed by atoms with Crippen LogP contribution >= 0.6 is 0 Å². The van der Waals surface area contributed by atoms with E-state index in [9.17, 15) is 19.8 Å². The summed E-state index contributed by atoms with van der Waals surface area (Å²) in [5, 5.41) is 19.1. The highest BCUT2D eigenvalue weighted by atomic mass is 16.5. The van der Waals surface area contributed by atoms with E-state index in [2.05, 4.69) is 0 Å². The molecule has 0 saturated carbocycles. The van der Waals surface area contributed by atoms with E-state index in [1.807, 2.05) is 27.7 Å². The summed E-state index contributed by atoms with van der Waals surface area (Å²) < 4.78 is 21.4.